The fourth-order valence-electron chi connectivity index (χ4n) is 3.78. The van der Waals surface area contributed by atoms with E-state index in [-0.39, 0.29) is 0 Å². The van der Waals surface area contributed by atoms with Crippen molar-refractivity contribution >= 4 is 0 Å². The summed E-state index contributed by atoms with van der Waals surface area (Å²) >= 11 is 0. The first kappa shape index (κ1) is 19.8. The highest BCUT2D eigenvalue weighted by Crippen LogP contribution is 2.32. The highest BCUT2D eigenvalue weighted by Gasteiger charge is 2.15. The van der Waals surface area contributed by atoms with Gasteiger partial charge in [0.1, 0.15) is 6.61 Å². The Labute approximate surface area is 164 Å². The molecule has 1 N–H and O–H groups in total. The first-order valence-corrected chi connectivity index (χ1v) is 10.5. The predicted molar refractivity (Wildman–Crippen MR) is 111 cm³/mol. The van der Waals surface area contributed by atoms with Gasteiger partial charge in [0, 0.05) is 18.2 Å². The van der Waals surface area contributed by atoms with E-state index in [1.54, 1.807) is 0 Å². The largest absolute Gasteiger partial charge is 0.490 e. The molecule has 0 spiro atoms. The van der Waals surface area contributed by atoms with Crippen LogP contribution in [0.1, 0.15) is 63.0 Å². The average Bonchev–Trinajstić information content (AvgIpc) is 2.67. The Morgan fingerprint density at radius 1 is 0.852 bits per heavy atom. The van der Waals surface area contributed by atoms with E-state index in [2.05, 4.69) is 29.6 Å². The first-order chi connectivity index (χ1) is 13.4. The van der Waals surface area contributed by atoms with Crippen molar-refractivity contribution in [3.05, 3.63) is 59.7 Å². The van der Waals surface area contributed by atoms with Crippen LogP contribution in [0.4, 0.5) is 0 Å². The van der Waals surface area contributed by atoms with Crippen molar-refractivity contribution in [2.45, 2.75) is 71.1 Å². The molecule has 1 aliphatic carbocycles. The molecule has 0 aliphatic heterocycles. The zero-order chi connectivity index (χ0) is 18.7. The second kappa shape index (κ2) is 11.0. The Balaban J connectivity index is 1.68. The number of benzene rings is 2. The molecule has 146 valence electrons. The minimum absolute atomic E-state index is 0.557. The third-order valence-electron chi connectivity index (χ3n) is 5.27. The van der Waals surface area contributed by atoms with Crippen LogP contribution in [-0.2, 0) is 13.2 Å². The molecule has 1 aliphatic rings. The Morgan fingerprint density at radius 3 is 2.33 bits per heavy atom. The van der Waals surface area contributed by atoms with Crippen molar-refractivity contribution < 1.29 is 9.47 Å². The molecule has 3 nitrogen and oxygen atoms in total. The molecule has 1 fully saturated rings. The topological polar surface area (TPSA) is 30.5 Å². The minimum atomic E-state index is 0.557. The normalized spacial score (nSPS) is 15.7. The van der Waals surface area contributed by atoms with Crippen LogP contribution in [0.3, 0.4) is 0 Å². The molecule has 27 heavy (non-hydrogen) atoms. The SMILES string of the molecule is CCOc1cccc(CNC2CCCCCCC2)c1OCc1ccccc1. The van der Waals surface area contributed by atoms with E-state index >= 15 is 0 Å². The lowest BCUT2D eigenvalue weighted by atomic mass is 9.96. The Bertz CT molecular complexity index is 663. The lowest BCUT2D eigenvalue weighted by Gasteiger charge is -2.22. The van der Waals surface area contributed by atoms with Gasteiger partial charge in [-0.25, -0.2) is 0 Å². The van der Waals surface area contributed by atoms with Gasteiger partial charge in [0.15, 0.2) is 11.5 Å². The van der Waals surface area contributed by atoms with Crippen molar-refractivity contribution in [1.82, 2.24) is 5.32 Å². The molecule has 0 saturated heterocycles. The van der Waals surface area contributed by atoms with Gasteiger partial charge in [0.2, 0.25) is 0 Å². The maximum Gasteiger partial charge on any atom is 0.166 e. The predicted octanol–water partition coefficient (Wildman–Crippen LogP) is 5.87. The molecule has 0 unspecified atom stereocenters. The molecule has 2 aromatic carbocycles. The molecule has 1 saturated carbocycles. The van der Waals surface area contributed by atoms with Crippen molar-refractivity contribution in [2.24, 2.45) is 0 Å². The molecule has 2 aromatic rings. The maximum absolute atomic E-state index is 6.23. The molecule has 0 heterocycles. The van der Waals surface area contributed by atoms with Crippen LogP contribution in [0.2, 0.25) is 0 Å². The van der Waals surface area contributed by atoms with Crippen LogP contribution in [0.5, 0.6) is 11.5 Å². The second-order valence-corrected chi connectivity index (χ2v) is 7.37. The van der Waals surface area contributed by atoms with Crippen LogP contribution in [-0.4, -0.2) is 12.6 Å². The molecule has 0 bridgehead atoms. The van der Waals surface area contributed by atoms with E-state index in [0.717, 1.165) is 18.0 Å². The van der Waals surface area contributed by atoms with E-state index in [9.17, 15) is 0 Å². The van der Waals surface area contributed by atoms with Crippen molar-refractivity contribution in [1.29, 1.82) is 0 Å². The third kappa shape index (κ3) is 6.28. The van der Waals surface area contributed by atoms with E-state index in [1.807, 2.05) is 31.2 Å². The van der Waals surface area contributed by atoms with Crippen molar-refractivity contribution in [3.63, 3.8) is 0 Å². The maximum atomic E-state index is 6.23. The quantitative estimate of drug-likeness (QED) is 0.633. The third-order valence-corrected chi connectivity index (χ3v) is 5.27. The molecule has 0 atom stereocenters. The fourth-order valence-corrected chi connectivity index (χ4v) is 3.78. The Hall–Kier alpha value is -2.00. The lowest BCUT2D eigenvalue weighted by Crippen LogP contribution is -2.29. The summed E-state index contributed by atoms with van der Waals surface area (Å²) in [4.78, 5) is 0. The molecule has 3 rings (SSSR count). The van der Waals surface area contributed by atoms with Gasteiger partial charge < -0.3 is 14.8 Å². The number of nitrogens with one attached hydrogen (secondary N) is 1. The van der Waals surface area contributed by atoms with Gasteiger partial charge in [-0.05, 0) is 31.4 Å². The van der Waals surface area contributed by atoms with Gasteiger partial charge in [-0.1, -0.05) is 74.6 Å². The number of rotatable bonds is 8. The van der Waals surface area contributed by atoms with Crippen LogP contribution in [0, 0.1) is 0 Å². The summed E-state index contributed by atoms with van der Waals surface area (Å²) in [5, 5.41) is 3.78. The standard InChI is InChI=1S/C24H33NO2/c1-2-26-23-17-11-14-21(18-25-22-15-9-4-3-5-10-16-22)24(23)27-19-20-12-7-6-8-13-20/h6-8,11-14,17,22,25H,2-5,9-10,15-16,18-19H2,1H3. The van der Waals surface area contributed by atoms with Crippen LogP contribution in [0.25, 0.3) is 0 Å². The summed E-state index contributed by atoms with van der Waals surface area (Å²) in [7, 11) is 0. The van der Waals surface area contributed by atoms with Gasteiger partial charge in [0.25, 0.3) is 0 Å². The van der Waals surface area contributed by atoms with Gasteiger partial charge in [-0.3, -0.25) is 0 Å². The highest BCUT2D eigenvalue weighted by molar-refractivity contribution is 5.46. The first-order valence-electron chi connectivity index (χ1n) is 10.5. The molecular weight excluding hydrogens is 334 g/mol. The molecule has 0 aromatic heterocycles. The molecular formula is C24H33NO2. The fraction of sp³-hybridized carbons (Fsp3) is 0.500. The van der Waals surface area contributed by atoms with Crippen molar-refractivity contribution in [2.75, 3.05) is 6.61 Å². The minimum Gasteiger partial charge on any atom is -0.490 e. The zero-order valence-electron chi connectivity index (χ0n) is 16.6. The van der Waals surface area contributed by atoms with Crippen molar-refractivity contribution in [3.8, 4) is 11.5 Å². The van der Waals surface area contributed by atoms with E-state index in [4.69, 9.17) is 9.47 Å². The van der Waals surface area contributed by atoms with Gasteiger partial charge in [-0.2, -0.15) is 0 Å². The van der Waals surface area contributed by atoms with Crippen LogP contribution < -0.4 is 14.8 Å². The van der Waals surface area contributed by atoms with E-state index in [0.29, 0.717) is 19.3 Å². The number of hydrogen-bond acceptors (Lipinski definition) is 3. The molecule has 3 heteroatoms. The summed E-state index contributed by atoms with van der Waals surface area (Å²) < 4.78 is 12.1. The summed E-state index contributed by atoms with van der Waals surface area (Å²) in [6.45, 7) is 4.04. The smallest absolute Gasteiger partial charge is 0.166 e. The second-order valence-electron chi connectivity index (χ2n) is 7.37. The van der Waals surface area contributed by atoms with Gasteiger partial charge in [-0.15, -0.1) is 0 Å². The number of hydrogen-bond donors (Lipinski definition) is 1. The number of para-hydroxylation sites is 1. The monoisotopic (exact) mass is 367 g/mol. The summed E-state index contributed by atoms with van der Waals surface area (Å²) in [6, 6.07) is 17.1. The highest BCUT2D eigenvalue weighted by atomic mass is 16.5. The van der Waals surface area contributed by atoms with E-state index < -0.39 is 0 Å². The Morgan fingerprint density at radius 2 is 1.59 bits per heavy atom. The summed E-state index contributed by atoms with van der Waals surface area (Å²) in [5.74, 6) is 1.71. The summed E-state index contributed by atoms with van der Waals surface area (Å²) in [6.07, 6.45) is 9.41. The van der Waals surface area contributed by atoms with Gasteiger partial charge >= 0.3 is 0 Å². The summed E-state index contributed by atoms with van der Waals surface area (Å²) in [5.41, 5.74) is 2.35. The molecule has 0 radical (unpaired) electrons. The van der Waals surface area contributed by atoms with Crippen LogP contribution >= 0.6 is 0 Å². The van der Waals surface area contributed by atoms with Gasteiger partial charge in [0.05, 0.1) is 6.61 Å². The van der Waals surface area contributed by atoms with E-state index in [1.165, 1.54) is 56.1 Å². The zero-order valence-corrected chi connectivity index (χ0v) is 16.6. The number of ether oxygens (including phenoxy) is 2. The lowest BCUT2D eigenvalue weighted by molar-refractivity contribution is 0.265. The molecule has 0 amide bonds. The Kier molecular flexibility index (Phi) is 8.03. The average molecular weight is 368 g/mol. The van der Waals surface area contributed by atoms with Crippen LogP contribution in [0.15, 0.2) is 48.5 Å².